The van der Waals surface area contributed by atoms with Crippen molar-refractivity contribution in [3.8, 4) is 0 Å². The van der Waals surface area contributed by atoms with Crippen LogP contribution in [0.5, 0.6) is 0 Å². The van der Waals surface area contributed by atoms with Crippen LogP contribution in [0.4, 0.5) is 5.69 Å². The Balaban J connectivity index is 1.70. The van der Waals surface area contributed by atoms with E-state index in [1.165, 1.54) is 24.4 Å². The normalized spacial score (nSPS) is 10.3. The highest BCUT2D eigenvalue weighted by atomic mass is 16.6. The summed E-state index contributed by atoms with van der Waals surface area (Å²) in [5.74, 6) is -1.53. The third kappa shape index (κ3) is 6.67. The highest BCUT2D eigenvalue weighted by Crippen LogP contribution is 2.11. The van der Waals surface area contributed by atoms with Crippen molar-refractivity contribution in [3.63, 3.8) is 0 Å². The lowest BCUT2D eigenvalue weighted by Gasteiger charge is -2.06. The van der Waals surface area contributed by atoms with Gasteiger partial charge in [0.2, 0.25) is 5.91 Å². The van der Waals surface area contributed by atoms with Gasteiger partial charge in [-0.15, -0.1) is 0 Å². The molecule has 0 aromatic heterocycles. The summed E-state index contributed by atoms with van der Waals surface area (Å²) < 4.78 is 0. The fourth-order valence-corrected chi connectivity index (χ4v) is 2.03. The van der Waals surface area contributed by atoms with E-state index in [2.05, 4.69) is 21.2 Å². The molecule has 0 spiro atoms. The molecule has 0 heterocycles. The van der Waals surface area contributed by atoms with Gasteiger partial charge in [-0.2, -0.15) is 5.10 Å². The summed E-state index contributed by atoms with van der Waals surface area (Å²) in [4.78, 5) is 45.3. The van der Waals surface area contributed by atoms with Gasteiger partial charge in [-0.25, -0.2) is 5.43 Å². The Bertz CT molecular complexity index is 898. The third-order valence-corrected chi connectivity index (χ3v) is 3.38. The van der Waals surface area contributed by atoms with E-state index >= 15 is 0 Å². The van der Waals surface area contributed by atoms with Crippen LogP contribution in [0.15, 0.2) is 59.7 Å². The summed E-state index contributed by atoms with van der Waals surface area (Å²) in [6, 6.07) is 14.1. The number of rotatable bonds is 8. The Kier molecular flexibility index (Phi) is 7.34. The number of nitro groups is 1. The maximum Gasteiger partial charge on any atom is 0.270 e. The second-order valence-corrected chi connectivity index (χ2v) is 5.47. The first kappa shape index (κ1) is 20.2. The Morgan fingerprint density at radius 3 is 2.39 bits per heavy atom. The van der Waals surface area contributed by atoms with E-state index in [-0.39, 0.29) is 18.8 Å². The molecule has 0 saturated heterocycles. The van der Waals surface area contributed by atoms with Crippen molar-refractivity contribution < 1.29 is 19.3 Å². The van der Waals surface area contributed by atoms with Crippen LogP contribution < -0.4 is 16.1 Å². The zero-order valence-electron chi connectivity index (χ0n) is 14.6. The summed E-state index contributed by atoms with van der Waals surface area (Å²) in [7, 11) is 0. The lowest BCUT2D eigenvalue weighted by atomic mass is 10.2. The molecule has 0 atom stereocenters. The number of hydrogen-bond donors (Lipinski definition) is 3. The van der Waals surface area contributed by atoms with Crippen molar-refractivity contribution >= 4 is 29.6 Å². The second-order valence-electron chi connectivity index (χ2n) is 5.47. The zero-order chi connectivity index (χ0) is 20.4. The largest absolute Gasteiger partial charge is 0.345 e. The number of non-ortho nitro benzene ring substituents is 1. The smallest absolute Gasteiger partial charge is 0.270 e. The van der Waals surface area contributed by atoms with Gasteiger partial charge in [0.25, 0.3) is 17.5 Å². The van der Waals surface area contributed by atoms with Crippen molar-refractivity contribution in [2.75, 3.05) is 13.1 Å². The number of nitrogens with one attached hydrogen (secondary N) is 3. The Morgan fingerprint density at radius 2 is 1.68 bits per heavy atom. The highest BCUT2D eigenvalue weighted by molar-refractivity contribution is 5.96. The Morgan fingerprint density at radius 1 is 0.964 bits per heavy atom. The predicted molar refractivity (Wildman–Crippen MR) is 101 cm³/mol. The minimum Gasteiger partial charge on any atom is -0.345 e. The number of hydrogen-bond acceptors (Lipinski definition) is 6. The van der Waals surface area contributed by atoms with Crippen molar-refractivity contribution in [2.24, 2.45) is 5.10 Å². The minimum absolute atomic E-state index is 0.0971. The fourth-order valence-electron chi connectivity index (χ4n) is 2.03. The van der Waals surface area contributed by atoms with Gasteiger partial charge in [0, 0.05) is 23.3 Å². The van der Waals surface area contributed by atoms with Crippen LogP contribution in [0.1, 0.15) is 15.9 Å². The molecular weight excluding hydrogens is 366 g/mol. The number of amides is 3. The molecular formula is C18H17N5O5. The number of nitro benzene ring substituents is 1. The average Bonchev–Trinajstić information content (AvgIpc) is 2.71. The number of hydrazone groups is 1. The van der Waals surface area contributed by atoms with Gasteiger partial charge >= 0.3 is 0 Å². The quantitative estimate of drug-likeness (QED) is 0.347. The van der Waals surface area contributed by atoms with Crippen LogP contribution in [0.2, 0.25) is 0 Å². The number of benzene rings is 2. The van der Waals surface area contributed by atoms with E-state index in [9.17, 15) is 24.5 Å². The molecule has 2 rings (SSSR count). The van der Waals surface area contributed by atoms with Crippen molar-refractivity contribution in [3.05, 3.63) is 75.8 Å². The van der Waals surface area contributed by atoms with Crippen LogP contribution in [-0.4, -0.2) is 41.9 Å². The summed E-state index contributed by atoms with van der Waals surface area (Å²) in [5, 5.41) is 19.1. The highest BCUT2D eigenvalue weighted by Gasteiger charge is 2.09. The van der Waals surface area contributed by atoms with Crippen LogP contribution >= 0.6 is 0 Å². The van der Waals surface area contributed by atoms with Crippen LogP contribution in [0.3, 0.4) is 0 Å². The van der Waals surface area contributed by atoms with Gasteiger partial charge in [0.05, 0.1) is 24.2 Å². The molecule has 0 bridgehead atoms. The summed E-state index contributed by atoms with van der Waals surface area (Å²) in [6.07, 6.45) is 1.24. The molecule has 2 aromatic rings. The predicted octanol–water partition coefficient (Wildman–Crippen LogP) is 0.591. The molecule has 10 heteroatoms. The first-order valence-electron chi connectivity index (χ1n) is 8.12. The van der Waals surface area contributed by atoms with Gasteiger partial charge in [-0.05, 0) is 12.1 Å². The second kappa shape index (κ2) is 10.2. The molecule has 144 valence electrons. The van der Waals surface area contributed by atoms with E-state index in [0.717, 1.165) is 0 Å². The average molecular weight is 383 g/mol. The summed E-state index contributed by atoms with van der Waals surface area (Å²) >= 11 is 0. The van der Waals surface area contributed by atoms with Crippen LogP contribution in [0, 0.1) is 10.1 Å². The summed E-state index contributed by atoms with van der Waals surface area (Å²) in [6.45, 7) is -0.621. The van der Waals surface area contributed by atoms with Crippen molar-refractivity contribution in [1.82, 2.24) is 16.1 Å². The minimum atomic E-state index is -0.593. The first-order valence-corrected chi connectivity index (χ1v) is 8.12. The zero-order valence-corrected chi connectivity index (χ0v) is 14.6. The maximum absolute atomic E-state index is 11.8. The molecule has 3 amide bonds. The van der Waals surface area contributed by atoms with Crippen molar-refractivity contribution in [2.45, 2.75) is 0 Å². The lowest BCUT2D eigenvalue weighted by Crippen LogP contribution is -2.41. The number of carbonyl (C=O) groups is 3. The molecule has 0 unspecified atom stereocenters. The van der Waals surface area contributed by atoms with Crippen LogP contribution in [0.25, 0.3) is 0 Å². The number of carbonyl (C=O) groups excluding carboxylic acids is 3. The van der Waals surface area contributed by atoms with E-state index in [4.69, 9.17) is 0 Å². The van der Waals surface area contributed by atoms with E-state index in [0.29, 0.717) is 11.1 Å². The van der Waals surface area contributed by atoms with Crippen LogP contribution in [-0.2, 0) is 9.59 Å². The Labute approximate surface area is 159 Å². The molecule has 0 aliphatic rings. The maximum atomic E-state index is 11.8. The molecule has 0 radical (unpaired) electrons. The number of nitrogens with zero attached hydrogens (tertiary/aromatic N) is 2. The van der Waals surface area contributed by atoms with E-state index in [1.54, 1.807) is 36.4 Å². The van der Waals surface area contributed by atoms with Gasteiger partial charge in [-0.3, -0.25) is 24.5 Å². The third-order valence-electron chi connectivity index (χ3n) is 3.38. The molecule has 0 saturated carbocycles. The molecule has 0 fully saturated rings. The van der Waals surface area contributed by atoms with Crippen molar-refractivity contribution in [1.29, 1.82) is 0 Å². The molecule has 10 nitrogen and oxygen atoms in total. The van der Waals surface area contributed by atoms with E-state index in [1.807, 2.05) is 0 Å². The van der Waals surface area contributed by atoms with Gasteiger partial charge in [0.15, 0.2) is 0 Å². The van der Waals surface area contributed by atoms with E-state index < -0.39 is 22.6 Å². The van der Waals surface area contributed by atoms with Gasteiger partial charge in [-0.1, -0.05) is 30.3 Å². The summed E-state index contributed by atoms with van der Waals surface area (Å²) in [5.41, 5.74) is 2.94. The SMILES string of the molecule is O=C(CNC(=O)c1ccccc1)NCC(=O)NN=Cc1cccc([N+](=O)[O-])c1. The first-order chi connectivity index (χ1) is 13.5. The topological polar surface area (TPSA) is 143 Å². The molecule has 3 N–H and O–H groups in total. The molecule has 2 aromatic carbocycles. The standard InChI is InChI=1S/C18H17N5O5/c24-16(11-20-18(26)14-6-2-1-3-7-14)19-12-17(25)22-21-10-13-5-4-8-15(9-13)23(27)28/h1-10H,11-12H2,(H,19,24)(H,20,26)(H,22,25). The van der Waals surface area contributed by atoms with Gasteiger partial charge in [0.1, 0.15) is 0 Å². The van der Waals surface area contributed by atoms with Gasteiger partial charge < -0.3 is 10.6 Å². The molecule has 0 aliphatic carbocycles. The Hall–Kier alpha value is -4.08. The lowest BCUT2D eigenvalue weighted by molar-refractivity contribution is -0.384. The molecule has 0 aliphatic heterocycles. The monoisotopic (exact) mass is 383 g/mol. The fraction of sp³-hybridized carbons (Fsp3) is 0.111. The molecule has 28 heavy (non-hydrogen) atoms.